The number of nitrogens with one attached hydrogen (secondary N) is 1. The maximum atomic E-state index is 12.4. The number of carbonyl (C=O) groups is 1. The van der Waals surface area contributed by atoms with Gasteiger partial charge in [-0.25, -0.2) is 9.78 Å². The minimum atomic E-state index is -0.680. The summed E-state index contributed by atoms with van der Waals surface area (Å²) in [4.78, 5) is 28.8. The van der Waals surface area contributed by atoms with Gasteiger partial charge in [0.1, 0.15) is 11.1 Å². The van der Waals surface area contributed by atoms with E-state index in [0.717, 1.165) is 11.4 Å². The molecule has 3 heterocycles. The highest BCUT2D eigenvalue weighted by molar-refractivity contribution is 5.96. The van der Waals surface area contributed by atoms with E-state index < -0.39 is 11.5 Å². The molecule has 130 valence electrons. The number of carbonyl (C=O) groups excluding carboxylic acids is 1. The Bertz CT molecular complexity index is 1210. The van der Waals surface area contributed by atoms with Crippen molar-refractivity contribution in [3.8, 4) is 0 Å². The average molecular weight is 349 g/mol. The van der Waals surface area contributed by atoms with E-state index in [-0.39, 0.29) is 12.1 Å². The number of aromatic nitrogens is 4. The number of rotatable bonds is 3. The predicted molar refractivity (Wildman–Crippen MR) is 93.9 cm³/mol. The smallest absolute Gasteiger partial charge is 0.349 e. The molecule has 0 radical (unpaired) electrons. The zero-order valence-electron chi connectivity index (χ0n) is 14.2. The second kappa shape index (κ2) is 6.07. The fraction of sp³-hybridized carbons (Fsp3) is 0.167. The molecule has 1 amide bonds. The first-order valence-corrected chi connectivity index (χ1v) is 8.02. The maximum Gasteiger partial charge on any atom is 0.349 e. The summed E-state index contributed by atoms with van der Waals surface area (Å²) in [6.07, 6.45) is 0. The van der Waals surface area contributed by atoms with Crippen molar-refractivity contribution in [2.75, 3.05) is 0 Å². The maximum absolute atomic E-state index is 12.4. The summed E-state index contributed by atoms with van der Waals surface area (Å²) in [6, 6.07) is 10.5. The minimum Gasteiger partial charge on any atom is -0.422 e. The molecule has 0 atom stereocenters. The fourth-order valence-electron chi connectivity index (χ4n) is 2.89. The molecular weight excluding hydrogens is 334 g/mol. The number of benzene rings is 1. The molecule has 8 heteroatoms. The van der Waals surface area contributed by atoms with Crippen LogP contribution < -0.4 is 10.9 Å². The monoisotopic (exact) mass is 349 g/mol. The lowest BCUT2D eigenvalue weighted by atomic mass is 10.2. The average Bonchev–Trinajstić information content (AvgIpc) is 3.02. The Morgan fingerprint density at radius 1 is 1.19 bits per heavy atom. The number of hydrogen-bond donors (Lipinski definition) is 1. The Labute approximate surface area is 147 Å². The molecule has 0 aliphatic rings. The number of nitrogens with zero attached hydrogens (tertiary/aromatic N) is 4. The number of aryl methyl sites for hydroxylation is 2. The van der Waals surface area contributed by atoms with Gasteiger partial charge in [-0.1, -0.05) is 18.2 Å². The van der Waals surface area contributed by atoms with Gasteiger partial charge in [-0.05, 0) is 32.0 Å². The third kappa shape index (κ3) is 2.71. The zero-order chi connectivity index (χ0) is 18.3. The van der Waals surface area contributed by atoms with Gasteiger partial charge in [-0.2, -0.15) is 0 Å². The lowest BCUT2D eigenvalue weighted by Gasteiger charge is -2.06. The summed E-state index contributed by atoms with van der Waals surface area (Å²) in [6.45, 7) is 3.90. The molecule has 26 heavy (non-hydrogen) atoms. The van der Waals surface area contributed by atoms with Gasteiger partial charge in [0.2, 0.25) is 0 Å². The van der Waals surface area contributed by atoms with Crippen LogP contribution in [-0.4, -0.2) is 25.5 Å². The number of fused-ring (bicyclic) bond motifs is 2. The highest BCUT2D eigenvalue weighted by Crippen LogP contribution is 2.13. The van der Waals surface area contributed by atoms with E-state index in [9.17, 15) is 9.59 Å². The van der Waals surface area contributed by atoms with Crippen molar-refractivity contribution in [1.29, 1.82) is 0 Å². The topological polar surface area (TPSA) is 102 Å². The first kappa shape index (κ1) is 15.9. The van der Waals surface area contributed by atoms with Gasteiger partial charge < -0.3 is 9.73 Å². The Balaban J connectivity index is 1.62. The highest BCUT2D eigenvalue weighted by atomic mass is 16.4. The number of hydrogen-bond acceptors (Lipinski definition) is 6. The van der Waals surface area contributed by atoms with Crippen LogP contribution in [0.15, 0.2) is 45.6 Å². The van der Waals surface area contributed by atoms with Crippen molar-refractivity contribution in [1.82, 2.24) is 24.9 Å². The highest BCUT2D eigenvalue weighted by Gasteiger charge is 2.15. The van der Waals surface area contributed by atoms with E-state index in [1.54, 1.807) is 22.6 Å². The van der Waals surface area contributed by atoms with Crippen LogP contribution in [0.2, 0.25) is 0 Å². The second-order valence-electron chi connectivity index (χ2n) is 5.96. The van der Waals surface area contributed by atoms with E-state index >= 15 is 0 Å². The Kier molecular flexibility index (Phi) is 3.72. The summed E-state index contributed by atoms with van der Waals surface area (Å²) in [7, 11) is 0. The van der Waals surface area contributed by atoms with Crippen molar-refractivity contribution in [3.05, 3.63) is 69.6 Å². The van der Waals surface area contributed by atoms with Crippen molar-refractivity contribution >= 4 is 22.7 Å². The van der Waals surface area contributed by atoms with Gasteiger partial charge in [0, 0.05) is 16.8 Å². The van der Waals surface area contributed by atoms with Crippen LogP contribution in [0.3, 0.4) is 0 Å². The van der Waals surface area contributed by atoms with Crippen LogP contribution in [0.5, 0.6) is 0 Å². The molecule has 8 nitrogen and oxygen atoms in total. The Morgan fingerprint density at radius 3 is 2.85 bits per heavy atom. The van der Waals surface area contributed by atoms with Crippen LogP contribution >= 0.6 is 0 Å². The third-order valence-electron chi connectivity index (χ3n) is 4.05. The minimum absolute atomic E-state index is 0.0526. The summed E-state index contributed by atoms with van der Waals surface area (Å²) < 4.78 is 6.95. The van der Waals surface area contributed by atoms with Crippen LogP contribution in [0.4, 0.5) is 0 Å². The van der Waals surface area contributed by atoms with Gasteiger partial charge in [0.15, 0.2) is 5.82 Å². The predicted octanol–water partition coefficient (Wildman–Crippen LogP) is 1.78. The Morgan fingerprint density at radius 2 is 2.00 bits per heavy atom. The first-order chi connectivity index (χ1) is 12.5. The molecule has 0 aliphatic carbocycles. The SMILES string of the molecule is Cc1cc(C)n2c(CNC(=O)c3cc4ccccc4oc3=O)nnc2n1. The number of amides is 1. The van der Waals surface area contributed by atoms with Crippen LogP contribution in [-0.2, 0) is 6.54 Å². The lowest BCUT2D eigenvalue weighted by molar-refractivity contribution is 0.0946. The molecule has 4 aromatic rings. The van der Waals surface area contributed by atoms with E-state index in [2.05, 4.69) is 20.5 Å². The van der Waals surface area contributed by atoms with Gasteiger partial charge >= 0.3 is 5.63 Å². The summed E-state index contributed by atoms with van der Waals surface area (Å²) in [5.74, 6) is 0.472. The molecule has 0 aliphatic heterocycles. The first-order valence-electron chi connectivity index (χ1n) is 8.02. The van der Waals surface area contributed by atoms with E-state index in [1.165, 1.54) is 6.07 Å². The molecule has 1 N–H and O–H groups in total. The van der Waals surface area contributed by atoms with Crippen molar-refractivity contribution in [3.63, 3.8) is 0 Å². The summed E-state index contributed by atoms with van der Waals surface area (Å²) in [5, 5.41) is 11.5. The molecule has 0 spiro atoms. The molecule has 0 bridgehead atoms. The van der Waals surface area contributed by atoms with Gasteiger partial charge in [-0.3, -0.25) is 9.20 Å². The van der Waals surface area contributed by atoms with Crippen LogP contribution in [0.1, 0.15) is 27.6 Å². The van der Waals surface area contributed by atoms with Gasteiger partial charge in [-0.15, -0.1) is 10.2 Å². The Hall–Kier alpha value is -3.55. The standard InChI is InChI=1S/C18H15N5O3/c1-10-7-11(2)23-15(21-22-18(23)20-10)9-19-16(24)13-8-12-5-3-4-6-14(12)26-17(13)25/h3-8H,9H2,1-2H3,(H,19,24). The van der Waals surface area contributed by atoms with Crippen molar-refractivity contribution in [2.24, 2.45) is 0 Å². The van der Waals surface area contributed by atoms with Crippen molar-refractivity contribution in [2.45, 2.75) is 20.4 Å². The molecular formula is C18H15N5O3. The normalized spacial score (nSPS) is 11.2. The number of para-hydroxylation sites is 1. The summed E-state index contributed by atoms with van der Waals surface area (Å²) >= 11 is 0. The van der Waals surface area contributed by atoms with E-state index in [0.29, 0.717) is 22.6 Å². The van der Waals surface area contributed by atoms with E-state index in [1.807, 2.05) is 26.0 Å². The van der Waals surface area contributed by atoms with Crippen LogP contribution in [0, 0.1) is 13.8 Å². The van der Waals surface area contributed by atoms with Crippen molar-refractivity contribution < 1.29 is 9.21 Å². The fourth-order valence-corrected chi connectivity index (χ4v) is 2.89. The quantitative estimate of drug-likeness (QED) is 0.566. The third-order valence-corrected chi connectivity index (χ3v) is 4.05. The molecule has 0 saturated heterocycles. The molecule has 0 fully saturated rings. The van der Waals surface area contributed by atoms with Gasteiger partial charge in [0.05, 0.1) is 6.54 Å². The van der Waals surface area contributed by atoms with Crippen LogP contribution in [0.25, 0.3) is 16.7 Å². The molecule has 0 unspecified atom stereocenters. The molecule has 4 rings (SSSR count). The largest absolute Gasteiger partial charge is 0.422 e. The van der Waals surface area contributed by atoms with E-state index in [4.69, 9.17) is 4.42 Å². The molecule has 3 aromatic heterocycles. The summed E-state index contributed by atoms with van der Waals surface area (Å²) in [5.41, 5.74) is 1.46. The van der Waals surface area contributed by atoms with Gasteiger partial charge in [0.25, 0.3) is 11.7 Å². The molecule has 1 aromatic carbocycles. The second-order valence-corrected chi connectivity index (χ2v) is 5.96. The zero-order valence-corrected chi connectivity index (χ0v) is 14.2. The lowest BCUT2D eigenvalue weighted by Crippen LogP contribution is -2.28. The molecule has 0 saturated carbocycles.